The van der Waals surface area contributed by atoms with Crippen molar-refractivity contribution < 1.29 is 9.53 Å². The van der Waals surface area contributed by atoms with Crippen molar-refractivity contribution in [1.82, 2.24) is 10.2 Å². The third-order valence-corrected chi connectivity index (χ3v) is 6.46. The topological polar surface area (TPSA) is 41.6 Å². The summed E-state index contributed by atoms with van der Waals surface area (Å²) in [6.07, 6.45) is 0. The van der Waals surface area contributed by atoms with Crippen LogP contribution >= 0.6 is 43.2 Å². The fourth-order valence-electron chi connectivity index (χ4n) is 1.94. The first kappa shape index (κ1) is 19.1. The number of nitrogens with one attached hydrogen (secondary N) is 1. The summed E-state index contributed by atoms with van der Waals surface area (Å²) >= 11 is 8.47. The second-order valence-electron chi connectivity index (χ2n) is 4.44. The lowest BCUT2D eigenvalue weighted by Gasteiger charge is -2.21. The van der Waals surface area contributed by atoms with E-state index in [1.807, 2.05) is 13.0 Å². The van der Waals surface area contributed by atoms with Gasteiger partial charge in [-0.15, -0.1) is 11.3 Å². The maximum absolute atomic E-state index is 12.2. The fraction of sp³-hybridized carbons (Fsp3) is 0.643. The number of carbonyl (C=O) groups excluding carboxylic acids is 1. The largest absolute Gasteiger partial charge is 0.465 e. The maximum atomic E-state index is 12.2. The molecule has 1 N–H and O–H groups in total. The van der Waals surface area contributed by atoms with Crippen molar-refractivity contribution in [3.05, 3.63) is 19.2 Å². The Hall–Kier alpha value is 0.0500. The SMILES string of the molecule is CCOC(=O)C(NCCN(CC)CC)c1cc(Br)c(Br)s1. The molecule has 0 radical (unpaired) electrons. The van der Waals surface area contributed by atoms with E-state index in [2.05, 4.69) is 55.9 Å². The van der Waals surface area contributed by atoms with Crippen LogP contribution in [0.2, 0.25) is 0 Å². The highest BCUT2D eigenvalue weighted by Crippen LogP contribution is 2.35. The third-order valence-electron chi connectivity index (χ3n) is 3.14. The van der Waals surface area contributed by atoms with Crippen LogP contribution in [0.25, 0.3) is 0 Å². The number of nitrogens with zero attached hydrogens (tertiary/aromatic N) is 1. The van der Waals surface area contributed by atoms with Gasteiger partial charge in [0.1, 0.15) is 6.04 Å². The summed E-state index contributed by atoms with van der Waals surface area (Å²) in [7, 11) is 0. The van der Waals surface area contributed by atoms with Crippen LogP contribution in [0, 0.1) is 0 Å². The molecule has 120 valence electrons. The van der Waals surface area contributed by atoms with Gasteiger partial charge >= 0.3 is 5.97 Å². The van der Waals surface area contributed by atoms with Gasteiger partial charge in [-0.3, -0.25) is 5.32 Å². The van der Waals surface area contributed by atoms with Crippen molar-refractivity contribution in [2.45, 2.75) is 26.8 Å². The van der Waals surface area contributed by atoms with Crippen molar-refractivity contribution in [1.29, 1.82) is 0 Å². The first-order valence-corrected chi connectivity index (χ1v) is 9.50. The number of esters is 1. The van der Waals surface area contributed by atoms with Crippen LogP contribution in [0.5, 0.6) is 0 Å². The lowest BCUT2D eigenvalue weighted by molar-refractivity contribution is -0.145. The monoisotopic (exact) mass is 440 g/mol. The van der Waals surface area contributed by atoms with Crippen LogP contribution in [0.4, 0.5) is 0 Å². The molecule has 7 heteroatoms. The van der Waals surface area contributed by atoms with Crippen LogP contribution in [0.3, 0.4) is 0 Å². The molecule has 0 saturated heterocycles. The Kier molecular flexibility index (Phi) is 9.04. The van der Waals surface area contributed by atoms with Crippen molar-refractivity contribution in [3.63, 3.8) is 0 Å². The maximum Gasteiger partial charge on any atom is 0.328 e. The van der Waals surface area contributed by atoms with E-state index >= 15 is 0 Å². The Labute approximate surface area is 147 Å². The molecule has 0 aliphatic rings. The van der Waals surface area contributed by atoms with Gasteiger partial charge in [0.25, 0.3) is 0 Å². The lowest BCUT2D eigenvalue weighted by atomic mass is 10.2. The molecule has 0 fully saturated rings. The van der Waals surface area contributed by atoms with Gasteiger partial charge in [0, 0.05) is 22.4 Å². The van der Waals surface area contributed by atoms with E-state index in [1.54, 1.807) is 0 Å². The summed E-state index contributed by atoms with van der Waals surface area (Å²) < 4.78 is 7.12. The summed E-state index contributed by atoms with van der Waals surface area (Å²) in [5, 5.41) is 3.31. The molecule has 1 rings (SSSR count). The summed E-state index contributed by atoms with van der Waals surface area (Å²) in [5.74, 6) is -0.224. The quantitative estimate of drug-likeness (QED) is 0.591. The number of hydrogen-bond donors (Lipinski definition) is 1. The molecule has 0 aliphatic carbocycles. The molecule has 0 amide bonds. The van der Waals surface area contributed by atoms with Crippen molar-refractivity contribution in [3.8, 4) is 0 Å². The molecular weight excluding hydrogens is 420 g/mol. The van der Waals surface area contributed by atoms with Crippen molar-refractivity contribution in [2.24, 2.45) is 0 Å². The van der Waals surface area contributed by atoms with E-state index in [4.69, 9.17) is 4.74 Å². The highest BCUT2D eigenvalue weighted by atomic mass is 79.9. The first-order valence-electron chi connectivity index (χ1n) is 7.10. The Bertz CT molecular complexity index is 431. The molecule has 4 nitrogen and oxygen atoms in total. The second kappa shape index (κ2) is 9.94. The highest BCUT2D eigenvalue weighted by molar-refractivity contribution is 9.13. The Balaban J connectivity index is 2.71. The minimum atomic E-state index is -0.409. The Morgan fingerprint density at radius 2 is 2.05 bits per heavy atom. The number of rotatable bonds is 9. The molecule has 1 heterocycles. The zero-order valence-corrected chi connectivity index (χ0v) is 16.6. The second-order valence-corrected chi connectivity index (χ2v) is 7.69. The van der Waals surface area contributed by atoms with Crippen LogP contribution in [-0.2, 0) is 9.53 Å². The minimum absolute atomic E-state index is 0.224. The van der Waals surface area contributed by atoms with E-state index < -0.39 is 6.04 Å². The highest BCUT2D eigenvalue weighted by Gasteiger charge is 2.24. The lowest BCUT2D eigenvalue weighted by Crippen LogP contribution is -2.36. The van der Waals surface area contributed by atoms with Gasteiger partial charge < -0.3 is 9.64 Å². The van der Waals surface area contributed by atoms with Gasteiger partial charge in [-0.05, 0) is 57.9 Å². The van der Waals surface area contributed by atoms with Crippen molar-refractivity contribution >= 4 is 49.2 Å². The summed E-state index contributed by atoms with van der Waals surface area (Å²) in [4.78, 5) is 15.4. The predicted octanol–water partition coefficient (Wildman–Crippen LogP) is 3.81. The van der Waals surface area contributed by atoms with E-state index in [-0.39, 0.29) is 5.97 Å². The van der Waals surface area contributed by atoms with Gasteiger partial charge in [-0.25, -0.2) is 4.79 Å². The number of likely N-dealkylation sites (N-methyl/N-ethyl adjacent to an activating group) is 1. The molecule has 1 aromatic heterocycles. The van der Waals surface area contributed by atoms with Crippen LogP contribution in [-0.4, -0.2) is 43.7 Å². The number of ether oxygens (including phenoxy) is 1. The van der Waals surface area contributed by atoms with Gasteiger partial charge in [-0.2, -0.15) is 0 Å². The van der Waals surface area contributed by atoms with E-state index in [9.17, 15) is 4.79 Å². The summed E-state index contributed by atoms with van der Waals surface area (Å²) in [5.41, 5.74) is 0. The molecule has 0 aromatic carbocycles. The number of halogens is 2. The Morgan fingerprint density at radius 1 is 1.38 bits per heavy atom. The average molecular weight is 442 g/mol. The molecule has 0 saturated carbocycles. The standard InChI is InChI=1S/C14H22Br2N2O2S/c1-4-18(5-2)8-7-17-12(14(19)20-6-3)11-9-10(15)13(16)21-11/h9,12,17H,4-8H2,1-3H3. The predicted molar refractivity (Wildman–Crippen MR) is 94.9 cm³/mol. The fourth-order valence-corrected chi connectivity index (χ4v) is 4.09. The first-order chi connectivity index (χ1) is 10.0. The van der Waals surface area contributed by atoms with E-state index in [0.717, 1.165) is 39.3 Å². The third kappa shape index (κ3) is 5.98. The molecule has 0 bridgehead atoms. The average Bonchev–Trinajstić information content (AvgIpc) is 2.78. The summed E-state index contributed by atoms with van der Waals surface area (Å²) in [6.45, 7) is 10.2. The molecule has 21 heavy (non-hydrogen) atoms. The van der Waals surface area contributed by atoms with E-state index in [0.29, 0.717) is 6.61 Å². The molecule has 1 aromatic rings. The van der Waals surface area contributed by atoms with Crippen molar-refractivity contribution in [2.75, 3.05) is 32.8 Å². The summed E-state index contributed by atoms with van der Waals surface area (Å²) in [6, 6.07) is 1.55. The molecule has 0 aliphatic heterocycles. The molecule has 1 unspecified atom stereocenters. The molecule has 0 spiro atoms. The van der Waals surface area contributed by atoms with Gasteiger partial charge in [-0.1, -0.05) is 13.8 Å². The van der Waals surface area contributed by atoms with Gasteiger partial charge in [0.15, 0.2) is 0 Å². The van der Waals surface area contributed by atoms with Crippen LogP contribution in [0.1, 0.15) is 31.7 Å². The Morgan fingerprint density at radius 3 is 2.52 bits per heavy atom. The molecule has 1 atom stereocenters. The van der Waals surface area contributed by atoms with Gasteiger partial charge in [0.2, 0.25) is 0 Å². The zero-order valence-electron chi connectivity index (χ0n) is 12.6. The van der Waals surface area contributed by atoms with E-state index in [1.165, 1.54) is 11.3 Å². The number of carbonyl (C=O) groups is 1. The van der Waals surface area contributed by atoms with Gasteiger partial charge in [0.05, 0.1) is 10.4 Å². The number of hydrogen-bond acceptors (Lipinski definition) is 5. The zero-order chi connectivity index (χ0) is 15.8. The molecular formula is C14H22Br2N2O2S. The van der Waals surface area contributed by atoms with Crippen LogP contribution in [0.15, 0.2) is 14.3 Å². The number of thiophene rings is 1. The minimum Gasteiger partial charge on any atom is -0.465 e. The smallest absolute Gasteiger partial charge is 0.328 e. The normalized spacial score (nSPS) is 12.7. The van der Waals surface area contributed by atoms with Crippen LogP contribution < -0.4 is 5.32 Å².